The highest BCUT2D eigenvalue weighted by molar-refractivity contribution is 5.85. The van der Waals surface area contributed by atoms with E-state index in [4.69, 9.17) is 0 Å². The summed E-state index contributed by atoms with van der Waals surface area (Å²) in [4.78, 5) is 28.2. The number of carboxylic acid groups (broad SMARTS) is 1. The standard InChI is InChI=1S/C15H26N2O3/c1-3-12-11-17(9-8-16(12)2)13(18)10-15(14(19)20)6-4-5-7-15/h12H,3-11H2,1-2H3,(H,19,20). The average molecular weight is 282 g/mol. The first-order valence-corrected chi connectivity index (χ1v) is 7.70. The summed E-state index contributed by atoms with van der Waals surface area (Å²) in [6, 6.07) is 0.400. The van der Waals surface area contributed by atoms with Crippen LogP contribution in [0.3, 0.4) is 0 Å². The van der Waals surface area contributed by atoms with Crippen LogP contribution in [0.25, 0.3) is 0 Å². The Morgan fingerprint density at radius 1 is 1.25 bits per heavy atom. The number of hydrogen-bond acceptors (Lipinski definition) is 3. The van der Waals surface area contributed by atoms with Crippen molar-refractivity contribution < 1.29 is 14.7 Å². The van der Waals surface area contributed by atoms with Gasteiger partial charge in [0.05, 0.1) is 5.41 Å². The second kappa shape index (κ2) is 6.12. The lowest BCUT2D eigenvalue weighted by Crippen LogP contribution is -2.53. The predicted molar refractivity (Wildman–Crippen MR) is 76.4 cm³/mol. The van der Waals surface area contributed by atoms with Crippen LogP contribution in [0.2, 0.25) is 0 Å². The van der Waals surface area contributed by atoms with E-state index in [0.29, 0.717) is 18.9 Å². The maximum absolute atomic E-state index is 12.5. The Morgan fingerprint density at radius 2 is 1.90 bits per heavy atom. The van der Waals surface area contributed by atoms with Gasteiger partial charge in [-0.15, -0.1) is 0 Å². The number of rotatable bonds is 4. The number of carbonyl (C=O) groups is 2. The largest absolute Gasteiger partial charge is 0.481 e. The first-order valence-electron chi connectivity index (χ1n) is 7.70. The van der Waals surface area contributed by atoms with Gasteiger partial charge >= 0.3 is 5.97 Å². The molecule has 1 amide bonds. The number of likely N-dealkylation sites (N-methyl/N-ethyl adjacent to an activating group) is 1. The van der Waals surface area contributed by atoms with E-state index in [1.54, 1.807) is 0 Å². The summed E-state index contributed by atoms with van der Waals surface area (Å²) < 4.78 is 0. The molecule has 1 saturated carbocycles. The molecule has 1 heterocycles. The third kappa shape index (κ3) is 2.97. The molecule has 0 aromatic heterocycles. The van der Waals surface area contributed by atoms with E-state index in [9.17, 15) is 14.7 Å². The molecule has 0 radical (unpaired) electrons. The number of piperazine rings is 1. The van der Waals surface area contributed by atoms with Crippen LogP contribution < -0.4 is 0 Å². The molecule has 2 fully saturated rings. The fraction of sp³-hybridized carbons (Fsp3) is 0.867. The smallest absolute Gasteiger partial charge is 0.310 e. The summed E-state index contributed by atoms with van der Waals surface area (Å²) in [6.07, 6.45) is 4.37. The minimum Gasteiger partial charge on any atom is -0.481 e. The van der Waals surface area contributed by atoms with Crippen LogP contribution in [0.1, 0.15) is 45.4 Å². The van der Waals surface area contributed by atoms with E-state index in [1.165, 1.54) is 0 Å². The molecule has 1 N–H and O–H groups in total. The molecule has 0 bridgehead atoms. The Balaban J connectivity index is 1.99. The molecule has 0 spiro atoms. The van der Waals surface area contributed by atoms with Crippen LogP contribution >= 0.6 is 0 Å². The van der Waals surface area contributed by atoms with E-state index >= 15 is 0 Å². The maximum atomic E-state index is 12.5. The van der Waals surface area contributed by atoms with Crippen LogP contribution in [0.4, 0.5) is 0 Å². The molecular formula is C15H26N2O3. The van der Waals surface area contributed by atoms with Crippen LogP contribution in [0, 0.1) is 5.41 Å². The van der Waals surface area contributed by atoms with E-state index in [-0.39, 0.29) is 12.3 Å². The number of carboxylic acids is 1. The Morgan fingerprint density at radius 3 is 2.45 bits per heavy atom. The van der Waals surface area contributed by atoms with Gasteiger partial charge in [-0.05, 0) is 26.3 Å². The average Bonchev–Trinajstić information content (AvgIpc) is 2.89. The summed E-state index contributed by atoms with van der Waals surface area (Å²) in [7, 11) is 2.09. The Kier molecular flexibility index (Phi) is 4.68. The SMILES string of the molecule is CCC1CN(C(=O)CC2(C(=O)O)CCCC2)CCN1C. The number of amides is 1. The lowest BCUT2D eigenvalue weighted by Gasteiger charge is -2.40. The number of carbonyl (C=O) groups excluding carboxylic acids is 1. The van der Waals surface area contributed by atoms with Crippen molar-refractivity contribution in [3.63, 3.8) is 0 Å². The van der Waals surface area contributed by atoms with E-state index in [2.05, 4.69) is 18.9 Å². The first kappa shape index (κ1) is 15.3. The van der Waals surface area contributed by atoms with Gasteiger partial charge in [-0.1, -0.05) is 19.8 Å². The highest BCUT2D eigenvalue weighted by atomic mass is 16.4. The molecular weight excluding hydrogens is 256 g/mol. The van der Waals surface area contributed by atoms with Gasteiger partial charge in [0.1, 0.15) is 0 Å². The van der Waals surface area contributed by atoms with Gasteiger partial charge in [-0.25, -0.2) is 0 Å². The Hall–Kier alpha value is -1.10. The summed E-state index contributed by atoms with van der Waals surface area (Å²) in [5.41, 5.74) is -0.790. The zero-order valence-corrected chi connectivity index (χ0v) is 12.6. The van der Waals surface area contributed by atoms with Gasteiger partial charge in [-0.3, -0.25) is 14.5 Å². The van der Waals surface area contributed by atoms with Crippen molar-refractivity contribution in [1.82, 2.24) is 9.80 Å². The molecule has 1 aliphatic heterocycles. The topological polar surface area (TPSA) is 60.9 Å². The number of hydrogen-bond donors (Lipinski definition) is 1. The number of nitrogens with zero attached hydrogens (tertiary/aromatic N) is 2. The fourth-order valence-electron chi connectivity index (χ4n) is 3.53. The highest BCUT2D eigenvalue weighted by Crippen LogP contribution is 2.41. The normalized spacial score (nSPS) is 26.7. The second-order valence-electron chi connectivity index (χ2n) is 6.35. The fourth-order valence-corrected chi connectivity index (χ4v) is 3.53. The quantitative estimate of drug-likeness (QED) is 0.850. The molecule has 1 unspecified atom stereocenters. The van der Waals surface area contributed by atoms with Crippen LogP contribution in [-0.4, -0.2) is 59.5 Å². The third-order valence-electron chi connectivity index (χ3n) is 5.11. The molecule has 2 aliphatic rings. The molecule has 1 saturated heterocycles. The van der Waals surface area contributed by atoms with E-state index < -0.39 is 11.4 Å². The van der Waals surface area contributed by atoms with Crippen molar-refractivity contribution in [1.29, 1.82) is 0 Å². The number of aliphatic carboxylic acids is 1. The van der Waals surface area contributed by atoms with Crippen molar-refractivity contribution in [3.8, 4) is 0 Å². The van der Waals surface area contributed by atoms with Crippen LogP contribution in [0.15, 0.2) is 0 Å². The van der Waals surface area contributed by atoms with Gasteiger partial charge < -0.3 is 10.0 Å². The Labute approximate surface area is 120 Å². The third-order valence-corrected chi connectivity index (χ3v) is 5.11. The summed E-state index contributed by atoms with van der Waals surface area (Å²) in [5.74, 6) is -0.759. The van der Waals surface area contributed by atoms with Crippen LogP contribution in [-0.2, 0) is 9.59 Å². The predicted octanol–water partition coefficient (Wildman–Crippen LogP) is 1.57. The van der Waals surface area contributed by atoms with Crippen molar-refractivity contribution in [3.05, 3.63) is 0 Å². The van der Waals surface area contributed by atoms with Crippen molar-refractivity contribution in [2.24, 2.45) is 5.41 Å². The van der Waals surface area contributed by atoms with Gasteiger partial charge in [-0.2, -0.15) is 0 Å². The molecule has 5 heteroatoms. The zero-order valence-electron chi connectivity index (χ0n) is 12.6. The van der Waals surface area contributed by atoms with Gasteiger partial charge in [0.15, 0.2) is 0 Å². The molecule has 5 nitrogen and oxygen atoms in total. The molecule has 1 atom stereocenters. The first-order chi connectivity index (χ1) is 9.48. The highest BCUT2D eigenvalue weighted by Gasteiger charge is 2.44. The monoisotopic (exact) mass is 282 g/mol. The molecule has 1 aliphatic carbocycles. The molecule has 0 aromatic carbocycles. The van der Waals surface area contributed by atoms with E-state index in [1.807, 2.05) is 4.90 Å². The zero-order chi connectivity index (χ0) is 14.8. The lowest BCUT2D eigenvalue weighted by molar-refractivity contribution is -0.154. The van der Waals surface area contributed by atoms with Crippen molar-refractivity contribution in [2.75, 3.05) is 26.7 Å². The van der Waals surface area contributed by atoms with Crippen molar-refractivity contribution in [2.45, 2.75) is 51.5 Å². The molecule has 114 valence electrons. The van der Waals surface area contributed by atoms with Gasteiger partial charge in [0.25, 0.3) is 0 Å². The van der Waals surface area contributed by atoms with Gasteiger partial charge in [0, 0.05) is 32.1 Å². The second-order valence-corrected chi connectivity index (χ2v) is 6.35. The summed E-state index contributed by atoms with van der Waals surface area (Å²) in [5, 5.41) is 9.47. The van der Waals surface area contributed by atoms with E-state index in [0.717, 1.165) is 38.9 Å². The molecule has 0 aromatic rings. The lowest BCUT2D eigenvalue weighted by atomic mass is 9.82. The Bertz CT molecular complexity index is 377. The summed E-state index contributed by atoms with van der Waals surface area (Å²) in [6.45, 7) is 4.47. The minimum atomic E-state index is -0.790. The van der Waals surface area contributed by atoms with Crippen LogP contribution in [0.5, 0.6) is 0 Å². The van der Waals surface area contributed by atoms with Gasteiger partial charge in [0.2, 0.25) is 5.91 Å². The molecule has 2 rings (SSSR count). The summed E-state index contributed by atoms with van der Waals surface area (Å²) >= 11 is 0. The molecule has 20 heavy (non-hydrogen) atoms. The maximum Gasteiger partial charge on any atom is 0.310 e. The van der Waals surface area contributed by atoms with Crippen molar-refractivity contribution >= 4 is 11.9 Å². The minimum absolute atomic E-state index is 0.0286.